The van der Waals surface area contributed by atoms with Crippen molar-refractivity contribution in [2.45, 2.75) is 25.7 Å². The normalized spacial score (nSPS) is 14.1. The highest BCUT2D eigenvalue weighted by Crippen LogP contribution is 2.34. The number of likely N-dealkylation sites (tertiary alicyclic amines) is 1. The SMILES string of the molecule is c1cc(-c2ccnc3[nH]c(-c4n[nH]c5ccc(-c6cncc(CCCN7CCCC7)c6)cc45)cc23)ccn1. The van der Waals surface area contributed by atoms with Gasteiger partial charge in [-0.25, -0.2) is 4.98 Å². The van der Waals surface area contributed by atoms with Crippen molar-refractivity contribution < 1.29 is 0 Å². The number of rotatable bonds is 7. The highest BCUT2D eigenvalue weighted by atomic mass is 15.1. The smallest absolute Gasteiger partial charge is 0.138 e. The maximum atomic E-state index is 4.68. The number of aromatic amines is 2. The highest BCUT2D eigenvalue weighted by molar-refractivity contribution is 6.00. The van der Waals surface area contributed by atoms with Crippen molar-refractivity contribution in [1.82, 2.24) is 35.0 Å². The third-order valence-corrected chi connectivity index (χ3v) is 7.61. The van der Waals surface area contributed by atoms with E-state index < -0.39 is 0 Å². The van der Waals surface area contributed by atoms with Gasteiger partial charge in [-0.05, 0) is 110 Å². The number of fused-ring (bicyclic) bond motifs is 2. The maximum absolute atomic E-state index is 4.68. The van der Waals surface area contributed by atoms with Crippen molar-refractivity contribution in [3.63, 3.8) is 0 Å². The van der Waals surface area contributed by atoms with Crippen LogP contribution in [0.1, 0.15) is 24.8 Å². The lowest BCUT2D eigenvalue weighted by Crippen LogP contribution is -2.20. The fourth-order valence-corrected chi connectivity index (χ4v) is 5.63. The van der Waals surface area contributed by atoms with E-state index >= 15 is 0 Å². The number of nitrogens with one attached hydrogen (secondary N) is 2. The molecule has 7 heteroatoms. The maximum Gasteiger partial charge on any atom is 0.138 e. The molecule has 2 N–H and O–H groups in total. The minimum atomic E-state index is 0.840. The molecule has 0 radical (unpaired) electrons. The number of aryl methyl sites for hydroxylation is 1. The molecule has 0 bridgehead atoms. The average molecular weight is 500 g/mol. The van der Waals surface area contributed by atoms with Crippen LogP contribution >= 0.6 is 0 Å². The van der Waals surface area contributed by atoms with Gasteiger partial charge in [0.1, 0.15) is 11.3 Å². The zero-order valence-corrected chi connectivity index (χ0v) is 21.2. The zero-order chi connectivity index (χ0) is 25.3. The van der Waals surface area contributed by atoms with Gasteiger partial charge in [0.15, 0.2) is 0 Å². The van der Waals surface area contributed by atoms with Gasteiger partial charge < -0.3 is 9.88 Å². The van der Waals surface area contributed by atoms with Crippen molar-refractivity contribution in [3.8, 4) is 33.6 Å². The van der Waals surface area contributed by atoms with Gasteiger partial charge in [-0.3, -0.25) is 15.1 Å². The highest BCUT2D eigenvalue weighted by Gasteiger charge is 2.15. The van der Waals surface area contributed by atoms with Gasteiger partial charge in [0.25, 0.3) is 0 Å². The third kappa shape index (κ3) is 4.35. The first-order chi connectivity index (χ1) is 18.8. The zero-order valence-electron chi connectivity index (χ0n) is 21.2. The molecule has 0 atom stereocenters. The molecule has 1 fully saturated rings. The predicted octanol–water partition coefficient (Wildman–Crippen LogP) is 6.26. The monoisotopic (exact) mass is 499 g/mol. The number of hydrogen-bond donors (Lipinski definition) is 2. The molecule has 7 rings (SSSR count). The Kier molecular flexibility index (Phi) is 5.90. The van der Waals surface area contributed by atoms with E-state index in [4.69, 9.17) is 0 Å². The molecule has 188 valence electrons. The van der Waals surface area contributed by atoms with Crippen LogP contribution in [-0.2, 0) is 6.42 Å². The summed E-state index contributed by atoms with van der Waals surface area (Å²) < 4.78 is 0. The summed E-state index contributed by atoms with van der Waals surface area (Å²) in [6.07, 6.45) is 14.3. The molecule has 6 heterocycles. The summed E-state index contributed by atoms with van der Waals surface area (Å²) in [5.41, 5.74) is 9.46. The topological polar surface area (TPSA) is 86.4 Å². The lowest BCUT2D eigenvalue weighted by molar-refractivity contribution is 0.334. The molecule has 1 aromatic carbocycles. The average Bonchev–Trinajstić information content (AvgIpc) is 3.73. The standard InChI is InChI=1S/C31H29N7/c1-2-14-38(13-1)15-3-4-21-16-24(20-33-19-21)23-5-6-28-27(17-23)30(37-36-28)29-18-26-25(9-12-34-31(26)35-29)22-7-10-32-11-8-22/h5-12,16-20H,1-4,13-15H2,(H,34,35)(H,36,37). The van der Waals surface area contributed by atoms with Crippen LogP contribution in [0.5, 0.6) is 0 Å². The van der Waals surface area contributed by atoms with E-state index in [2.05, 4.69) is 65.4 Å². The summed E-state index contributed by atoms with van der Waals surface area (Å²) in [5, 5.41) is 10.0. The molecular formula is C31H29N7. The first-order valence-electron chi connectivity index (χ1n) is 13.4. The molecule has 5 aromatic heterocycles. The van der Waals surface area contributed by atoms with Crippen molar-refractivity contribution in [3.05, 3.63) is 85.1 Å². The number of benzene rings is 1. The van der Waals surface area contributed by atoms with Crippen molar-refractivity contribution in [2.24, 2.45) is 0 Å². The van der Waals surface area contributed by atoms with Gasteiger partial charge in [0.05, 0.1) is 11.2 Å². The van der Waals surface area contributed by atoms with E-state index in [0.717, 1.165) is 62.0 Å². The van der Waals surface area contributed by atoms with Gasteiger partial charge in [-0.2, -0.15) is 5.10 Å². The second-order valence-electron chi connectivity index (χ2n) is 10.1. The fourth-order valence-electron chi connectivity index (χ4n) is 5.63. The number of aromatic nitrogens is 6. The molecule has 38 heavy (non-hydrogen) atoms. The molecule has 0 unspecified atom stereocenters. The summed E-state index contributed by atoms with van der Waals surface area (Å²) in [6.45, 7) is 3.68. The van der Waals surface area contributed by atoms with Gasteiger partial charge in [-0.1, -0.05) is 6.07 Å². The number of H-pyrrole nitrogens is 2. The summed E-state index contributed by atoms with van der Waals surface area (Å²) in [6, 6.07) is 17.0. The van der Waals surface area contributed by atoms with Gasteiger partial charge in [0, 0.05) is 47.3 Å². The molecule has 1 aliphatic heterocycles. The van der Waals surface area contributed by atoms with Crippen LogP contribution in [0.4, 0.5) is 0 Å². The Bertz CT molecular complexity index is 1710. The van der Waals surface area contributed by atoms with Crippen LogP contribution in [0.15, 0.2) is 79.5 Å². The molecule has 1 saturated heterocycles. The lowest BCUT2D eigenvalue weighted by atomic mass is 10.0. The van der Waals surface area contributed by atoms with Crippen LogP contribution in [0.25, 0.3) is 55.6 Å². The van der Waals surface area contributed by atoms with E-state index in [0.29, 0.717) is 0 Å². The fraction of sp³-hybridized carbons (Fsp3) is 0.226. The van der Waals surface area contributed by atoms with Crippen LogP contribution < -0.4 is 0 Å². The number of hydrogen-bond acceptors (Lipinski definition) is 5. The van der Waals surface area contributed by atoms with Gasteiger partial charge >= 0.3 is 0 Å². The Labute approximate surface area is 221 Å². The van der Waals surface area contributed by atoms with Crippen LogP contribution in [-0.4, -0.2) is 54.7 Å². The Balaban J connectivity index is 1.20. The molecule has 7 nitrogen and oxygen atoms in total. The summed E-state index contributed by atoms with van der Waals surface area (Å²) in [5.74, 6) is 0. The molecule has 0 spiro atoms. The summed E-state index contributed by atoms with van der Waals surface area (Å²) >= 11 is 0. The Morgan fingerprint density at radius 3 is 2.58 bits per heavy atom. The molecule has 0 aliphatic carbocycles. The van der Waals surface area contributed by atoms with Crippen LogP contribution in [0.3, 0.4) is 0 Å². The van der Waals surface area contributed by atoms with Crippen LogP contribution in [0, 0.1) is 0 Å². The predicted molar refractivity (Wildman–Crippen MR) is 152 cm³/mol. The summed E-state index contributed by atoms with van der Waals surface area (Å²) in [4.78, 5) is 19.4. The van der Waals surface area contributed by atoms with Crippen LogP contribution in [0.2, 0.25) is 0 Å². The Morgan fingerprint density at radius 2 is 1.68 bits per heavy atom. The second-order valence-corrected chi connectivity index (χ2v) is 10.1. The third-order valence-electron chi connectivity index (χ3n) is 7.61. The second kappa shape index (κ2) is 9.84. The lowest BCUT2D eigenvalue weighted by Gasteiger charge is -2.14. The first-order valence-corrected chi connectivity index (χ1v) is 13.4. The van der Waals surface area contributed by atoms with Crippen molar-refractivity contribution in [1.29, 1.82) is 0 Å². The van der Waals surface area contributed by atoms with Gasteiger partial charge in [0.2, 0.25) is 0 Å². The molecule has 0 amide bonds. The molecular weight excluding hydrogens is 470 g/mol. The van der Waals surface area contributed by atoms with E-state index in [9.17, 15) is 0 Å². The van der Waals surface area contributed by atoms with E-state index in [1.54, 1.807) is 0 Å². The van der Waals surface area contributed by atoms with Crippen molar-refractivity contribution in [2.75, 3.05) is 19.6 Å². The Hall–Kier alpha value is -4.36. The molecule has 6 aromatic rings. The molecule has 1 aliphatic rings. The van der Waals surface area contributed by atoms with E-state index in [1.165, 1.54) is 44.5 Å². The van der Waals surface area contributed by atoms with E-state index in [-0.39, 0.29) is 0 Å². The minimum Gasteiger partial charge on any atom is -0.338 e. The van der Waals surface area contributed by atoms with E-state index in [1.807, 2.05) is 49.2 Å². The van der Waals surface area contributed by atoms with Crippen molar-refractivity contribution >= 4 is 21.9 Å². The minimum absolute atomic E-state index is 0.840. The van der Waals surface area contributed by atoms with Gasteiger partial charge in [-0.15, -0.1) is 0 Å². The first kappa shape index (κ1) is 22.8. The number of pyridine rings is 3. The Morgan fingerprint density at radius 1 is 0.789 bits per heavy atom. The summed E-state index contributed by atoms with van der Waals surface area (Å²) in [7, 11) is 0. The largest absolute Gasteiger partial charge is 0.338 e. The quantitative estimate of drug-likeness (QED) is 0.271. The molecule has 0 saturated carbocycles. The number of nitrogens with zero attached hydrogens (tertiary/aromatic N) is 5.